The van der Waals surface area contributed by atoms with Gasteiger partial charge >= 0.3 is 5.97 Å². The molecule has 0 aromatic heterocycles. The Labute approximate surface area is 93.1 Å². The number of aliphatic hydroxyl groups is 1. The smallest absolute Gasteiger partial charge is 0.319 e. The molecular formula is C11H14O3S. The Bertz CT molecular complexity index is 329. The molecule has 0 heterocycles. The van der Waals surface area contributed by atoms with Crippen LogP contribution in [0, 0.1) is 0 Å². The van der Waals surface area contributed by atoms with Gasteiger partial charge in [0, 0.05) is 4.90 Å². The molecule has 0 amide bonds. The highest BCUT2D eigenvalue weighted by molar-refractivity contribution is 8.00. The highest BCUT2D eigenvalue weighted by Gasteiger charge is 2.34. The quantitative estimate of drug-likeness (QED) is 0.771. The van der Waals surface area contributed by atoms with Gasteiger partial charge in [-0.25, -0.2) is 0 Å². The molecule has 3 nitrogen and oxygen atoms in total. The second-order valence-corrected chi connectivity index (χ2v) is 4.98. The molecule has 0 aliphatic heterocycles. The first-order valence-corrected chi connectivity index (χ1v) is 5.46. The van der Waals surface area contributed by atoms with Gasteiger partial charge in [0.2, 0.25) is 0 Å². The first-order valence-electron chi connectivity index (χ1n) is 4.58. The van der Waals surface area contributed by atoms with Crippen molar-refractivity contribution in [1.29, 1.82) is 0 Å². The fourth-order valence-electron chi connectivity index (χ4n) is 1.13. The van der Waals surface area contributed by atoms with Crippen LogP contribution in [-0.2, 0) is 4.79 Å². The van der Waals surface area contributed by atoms with E-state index in [2.05, 4.69) is 0 Å². The summed E-state index contributed by atoms with van der Waals surface area (Å²) in [4.78, 5) is 11.8. The van der Waals surface area contributed by atoms with E-state index in [1.165, 1.54) is 13.8 Å². The van der Waals surface area contributed by atoms with Crippen molar-refractivity contribution < 1.29 is 15.0 Å². The second kappa shape index (κ2) is 4.68. The predicted octanol–water partition coefficient (Wildman–Crippen LogP) is 2.00. The lowest BCUT2D eigenvalue weighted by molar-refractivity contribution is -0.140. The Morgan fingerprint density at radius 1 is 1.33 bits per heavy atom. The Balaban J connectivity index is 2.82. The predicted molar refractivity (Wildman–Crippen MR) is 60.0 cm³/mol. The monoisotopic (exact) mass is 226 g/mol. The van der Waals surface area contributed by atoms with Crippen LogP contribution in [0.4, 0.5) is 0 Å². The minimum atomic E-state index is -1.24. The maximum Gasteiger partial charge on any atom is 0.319 e. The molecular weight excluding hydrogens is 212 g/mol. The highest BCUT2D eigenvalue weighted by atomic mass is 32.2. The molecule has 4 heteroatoms. The topological polar surface area (TPSA) is 57.5 Å². The number of rotatable bonds is 4. The van der Waals surface area contributed by atoms with Gasteiger partial charge < -0.3 is 10.2 Å². The molecule has 15 heavy (non-hydrogen) atoms. The van der Waals surface area contributed by atoms with Crippen molar-refractivity contribution in [2.75, 3.05) is 0 Å². The van der Waals surface area contributed by atoms with Gasteiger partial charge in [-0.05, 0) is 26.0 Å². The lowest BCUT2D eigenvalue weighted by Crippen LogP contribution is -2.39. The Morgan fingerprint density at radius 3 is 2.27 bits per heavy atom. The summed E-state index contributed by atoms with van der Waals surface area (Å²) in [5.41, 5.74) is -1.24. The largest absolute Gasteiger partial charge is 0.480 e. The van der Waals surface area contributed by atoms with Crippen molar-refractivity contribution in [2.45, 2.75) is 29.6 Å². The minimum absolute atomic E-state index is 0.840. The van der Waals surface area contributed by atoms with Crippen LogP contribution in [0.1, 0.15) is 13.8 Å². The van der Waals surface area contributed by atoms with Gasteiger partial charge in [0.05, 0.1) is 5.60 Å². The molecule has 0 bridgehead atoms. The van der Waals surface area contributed by atoms with E-state index in [0.717, 1.165) is 16.7 Å². The average Bonchev–Trinajstić information content (AvgIpc) is 2.13. The summed E-state index contributed by atoms with van der Waals surface area (Å²) in [5.74, 6) is -1.00. The lowest BCUT2D eigenvalue weighted by atomic mass is 10.1. The van der Waals surface area contributed by atoms with Crippen LogP contribution in [0.25, 0.3) is 0 Å². The van der Waals surface area contributed by atoms with Crippen LogP contribution in [0.3, 0.4) is 0 Å². The van der Waals surface area contributed by atoms with Crippen LogP contribution >= 0.6 is 11.8 Å². The molecule has 1 rings (SSSR count). The van der Waals surface area contributed by atoms with Crippen molar-refractivity contribution in [3.05, 3.63) is 30.3 Å². The van der Waals surface area contributed by atoms with Crippen LogP contribution in [0.5, 0.6) is 0 Å². The molecule has 0 aliphatic carbocycles. The molecule has 1 aromatic rings. The van der Waals surface area contributed by atoms with Gasteiger partial charge in [-0.2, -0.15) is 0 Å². The van der Waals surface area contributed by atoms with E-state index in [9.17, 15) is 9.90 Å². The summed E-state index contributed by atoms with van der Waals surface area (Å²) in [6.07, 6.45) is 0. The Morgan fingerprint density at radius 2 is 1.87 bits per heavy atom. The number of thioether (sulfide) groups is 1. The van der Waals surface area contributed by atoms with E-state index in [-0.39, 0.29) is 0 Å². The SMILES string of the molecule is CC(C)(O)[C@@H](Sc1ccccc1)C(=O)O. The molecule has 0 spiro atoms. The van der Waals surface area contributed by atoms with Gasteiger partial charge in [-0.1, -0.05) is 18.2 Å². The van der Waals surface area contributed by atoms with E-state index >= 15 is 0 Å². The maximum absolute atomic E-state index is 11.0. The van der Waals surface area contributed by atoms with Gasteiger partial charge in [-0.3, -0.25) is 4.79 Å². The van der Waals surface area contributed by atoms with Gasteiger partial charge in [0.15, 0.2) is 0 Å². The van der Waals surface area contributed by atoms with Crippen molar-refractivity contribution in [3.63, 3.8) is 0 Å². The Hall–Kier alpha value is -1.00. The molecule has 0 saturated heterocycles. The van der Waals surface area contributed by atoms with Crippen LogP contribution < -0.4 is 0 Å². The molecule has 1 aromatic carbocycles. The van der Waals surface area contributed by atoms with Crippen molar-refractivity contribution in [1.82, 2.24) is 0 Å². The fraction of sp³-hybridized carbons (Fsp3) is 0.364. The van der Waals surface area contributed by atoms with E-state index in [0.29, 0.717) is 0 Å². The van der Waals surface area contributed by atoms with Gasteiger partial charge in [0.1, 0.15) is 5.25 Å². The standard InChI is InChI=1S/C11H14O3S/c1-11(2,14)9(10(12)13)15-8-6-4-3-5-7-8/h3-7,9,14H,1-2H3,(H,12,13)/t9-/m0/s1. The first kappa shape index (κ1) is 12.1. The maximum atomic E-state index is 11.0. The van der Waals surface area contributed by atoms with Crippen LogP contribution in [-0.4, -0.2) is 27.0 Å². The molecule has 82 valence electrons. The summed E-state index contributed by atoms with van der Waals surface area (Å²) in [7, 11) is 0. The zero-order valence-corrected chi connectivity index (χ0v) is 9.49. The third kappa shape index (κ3) is 3.57. The summed E-state index contributed by atoms with van der Waals surface area (Å²) in [6.45, 7) is 3.00. The molecule has 0 saturated carbocycles. The molecule has 0 unspecified atom stereocenters. The van der Waals surface area contributed by atoms with Crippen molar-refractivity contribution >= 4 is 17.7 Å². The van der Waals surface area contributed by atoms with Crippen LogP contribution in [0.15, 0.2) is 35.2 Å². The van der Waals surface area contributed by atoms with E-state index in [1.807, 2.05) is 30.3 Å². The number of aliphatic carboxylic acids is 1. The normalized spacial score (nSPS) is 13.5. The molecule has 0 aliphatic rings. The number of benzene rings is 1. The molecule has 0 fully saturated rings. The van der Waals surface area contributed by atoms with Crippen molar-refractivity contribution in [3.8, 4) is 0 Å². The number of carbonyl (C=O) groups is 1. The first-order chi connectivity index (χ1) is 6.91. The number of hydrogen-bond acceptors (Lipinski definition) is 3. The van der Waals surface area contributed by atoms with E-state index < -0.39 is 16.8 Å². The van der Waals surface area contributed by atoms with Gasteiger partial charge in [0.25, 0.3) is 0 Å². The second-order valence-electron chi connectivity index (χ2n) is 3.80. The average molecular weight is 226 g/mol. The summed E-state index contributed by atoms with van der Waals surface area (Å²) >= 11 is 1.15. The zero-order valence-electron chi connectivity index (χ0n) is 8.68. The van der Waals surface area contributed by atoms with Gasteiger partial charge in [-0.15, -0.1) is 11.8 Å². The summed E-state index contributed by atoms with van der Waals surface area (Å²) in [6, 6.07) is 9.19. The molecule has 2 N–H and O–H groups in total. The lowest BCUT2D eigenvalue weighted by Gasteiger charge is -2.24. The fourth-order valence-corrected chi connectivity index (χ4v) is 2.11. The highest BCUT2D eigenvalue weighted by Crippen LogP contribution is 2.30. The third-order valence-corrected chi connectivity index (χ3v) is 3.42. The third-order valence-electron chi connectivity index (χ3n) is 1.86. The molecule has 1 atom stereocenters. The van der Waals surface area contributed by atoms with Crippen molar-refractivity contribution in [2.24, 2.45) is 0 Å². The van der Waals surface area contributed by atoms with E-state index in [4.69, 9.17) is 5.11 Å². The number of hydrogen-bond donors (Lipinski definition) is 2. The summed E-state index contributed by atoms with van der Waals surface area (Å²) in [5, 5.41) is 17.8. The van der Waals surface area contributed by atoms with E-state index in [1.54, 1.807) is 0 Å². The molecule has 0 radical (unpaired) electrons. The number of carboxylic acids is 1. The Kier molecular flexibility index (Phi) is 3.77. The number of carboxylic acid groups (broad SMARTS) is 1. The zero-order chi connectivity index (χ0) is 11.5. The minimum Gasteiger partial charge on any atom is -0.480 e. The summed E-state index contributed by atoms with van der Waals surface area (Å²) < 4.78 is 0. The van der Waals surface area contributed by atoms with Crippen LogP contribution in [0.2, 0.25) is 0 Å².